The molecule has 0 fully saturated rings. The zero-order chi connectivity index (χ0) is 6.41. The van der Waals surface area contributed by atoms with Crippen molar-refractivity contribution in [2.24, 2.45) is 0 Å². The lowest BCUT2D eigenvalue weighted by atomic mass is 10.2. The molecule has 0 aromatic rings. The van der Waals surface area contributed by atoms with Gasteiger partial charge in [0.25, 0.3) is 0 Å². The smallest absolute Gasteiger partial charge is 0.198 e. The van der Waals surface area contributed by atoms with E-state index in [2.05, 4.69) is 0 Å². The maximum atomic E-state index is 9.51. The molecule has 1 atom stereocenters. The molecular formula is C5H9O3. The molecule has 0 rings (SSSR count). The summed E-state index contributed by atoms with van der Waals surface area (Å²) in [6.07, 6.45) is 1.36. The Kier molecular flexibility index (Phi) is 4.50. The second kappa shape index (κ2) is 4.74. The van der Waals surface area contributed by atoms with Crippen LogP contribution in [0.25, 0.3) is 0 Å². The van der Waals surface area contributed by atoms with Gasteiger partial charge >= 0.3 is 0 Å². The van der Waals surface area contributed by atoms with Gasteiger partial charge in [-0.3, -0.25) is 4.79 Å². The fourth-order valence-corrected chi connectivity index (χ4v) is 0.317. The van der Waals surface area contributed by atoms with Crippen molar-refractivity contribution >= 4 is 6.29 Å². The van der Waals surface area contributed by atoms with E-state index in [-0.39, 0.29) is 13.0 Å². The zero-order valence-corrected chi connectivity index (χ0v) is 4.50. The van der Waals surface area contributed by atoms with Gasteiger partial charge in [0.15, 0.2) is 6.29 Å². The van der Waals surface area contributed by atoms with Crippen molar-refractivity contribution in [3.8, 4) is 0 Å². The molecule has 3 nitrogen and oxygen atoms in total. The third-order valence-corrected chi connectivity index (χ3v) is 0.790. The third kappa shape index (κ3) is 3.77. The maximum Gasteiger partial charge on any atom is 0.198 e. The number of hydrogen-bond donors (Lipinski definition) is 2. The summed E-state index contributed by atoms with van der Waals surface area (Å²) in [5.74, 6) is 0. The molecule has 0 aliphatic heterocycles. The summed E-state index contributed by atoms with van der Waals surface area (Å²) in [7, 11) is 0. The molecule has 0 aromatic carbocycles. The Bertz CT molecular complexity index is 62.7. The Morgan fingerprint density at radius 3 is 2.62 bits per heavy atom. The first kappa shape index (κ1) is 7.59. The number of carbonyl (C=O) groups excluding carboxylic acids is 1. The van der Waals surface area contributed by atoms with E-state index in [1.165, 1.54) is 0 Å². The molecule has 0 aliphatic rings. The summed E-state index contributed by atoms with van der Waals surface area (Å²) in [6.45, 7) is -0.276. The van der Waals surface area contributed by atoms with Gasteiger partial charge < -0.3 is 10.2 Å². The van der Waals surface area contributed by atoms with Crippen LogP contribution in [0.1, 0.15) is 12.8 Å². The van der Waals surface area contributed by atoms with Crippen LogP contribution in [-0.2, 0) is 4.79 Å². The average Bonchev–Trinajstić information content (AvgIpc) is 1.83. The van der Waals surface area contributed by atoms with Gasteiger partial charge in [0.05, 0.1) is 12.7 Å². The normalized spacial score (nSPS) is 13.2. The minimum absolute atomic E-state index is 0.196. The van der Waals surface area contributed by atoms with E-state index >= 15 is 0 Å². The highest BCUT2D eigenvalue weighted by Gasteiger charge is 1.98. The molecule has 0 aliphatic carbocycles. The Balaban J connectivity index is 2.97. The molecule has 0 amide bonds. The topological polar surface area (TPSA) is 57.5 Å². The molecule has 47 valence electrons. The Hall–Kier alpha value is -0.410. The van der Waals surface area contributed by atoms with Gasteiger partial charge in [0.1, 0.15) is 0 Å². The fourth-order valence-electron chi connectivity index (χ4n) is 0.317. The largest absolute Gasteiger partial charge is 0.394 e. The molecular weight excluding hydrogens is 108 g/mol. The summed E-state index contributed by atoms with van der Waals surface area (Å²) in [5, 5.41) is 16.7. The summed E-state index contributed by atoms with van der Waals surface area (Å²) in [6, 6.07) is 0. The predicted molar refractivity (Wildman–Crippen MR) is 28.0 cm³/mol. The molecule has 0 spiro atoms. The van der Waals surface area contributed by atoms with Crippen LogP contribution in [-0.4, -0.2) is 29.2 Å². The van der Waals surface area contributed by atoms with Gasteiger partial charge in [-0.1, -0.05) is 0 Å². The molecule has 0 bridgehead atoms. The van der Waals surface area contributed by atoms with Crippen molar-refractivity contribution in [1.82, 2.24) is 0 Å². The highest BCUT2D eigenvalue weighted by molar-refractivity contribution is 5.50. The predicted octanol–water partition coefficient (Wildman–Crippen LogP) is -0.770. The van der Waals surface area contributed by atoms with Crippen molar-refractivity contribution in [2.45, 2.75) is 18.9 Å². The minimum Gasteiger partial charge on any atom is -0.394 e. The fraction of sp³-hybridized carbons (Fsp3) is 0.800. The van der Waals surface area contributed by atoms with E-state index in [1.807, 2.05) is 0 Å². The summed E-state index contributed by atoms with van der Waals surface area (Å²) in [4.78, 5) is 9.51. The van der Waals surface area contributed by atoms with E-state index in [0.29, 0.717) is 6.42 Å². The molecule has 2 N–H and O–H groups in total. The van der Waals surface area contributed by atoms with Crippen LogP contribution in [0.4, 0.5) is 0 Å². The molecule has 1 unspecified atom stereocenters. The number of aliphatic hydroxyl groups excluding tert-OH is 2. The van der Waals surface area contributed by atoms with E-state index in [9.17, 15) is 4.79 Å². The second-order valence-corrected chi connectivity index (χ2v) is 1.52. The third-order valence-electron chi connectivity index (χ3n) is 0.790. The Morgan fingerprint density at radius 2 is 2.25 bits per heavy atom. The van der Waals surface area contributed by atoms with E-state index < -0.39 is 6.10 Å². The SMILES string of the molecule is O=[C]CCC(O)CO. The minimum atomic E-state index is -0.753. The van der Waals surface area contributed by atoms with Gasteiger partial charge in [-0.15, -0.1) is 0 Å². The Morgan fingerprint density at radius 1 is 1.62 bits per heavy atom. The second-order valence-electron chi connectivity index (χ2n) is 1.52. The lowest BCUT2D eigenvalue weighted by molar-refractivity contribution is 0.0898. The molecule has 0 heterocycles. The monoisotopic (exact) mass is 117 g/mol. The van der Waals surface area contributed by atoms with Crippen LogP contribution in [0.3, 0.4) is 0 Å². The van der Waals surface area contributed by atoms with Crippen LogP contribution < -0.4 is 0 Å². The van der Waals surface area contributed by atoms with Crippen molar-refractivity contribution in [2.75, 3.05) is 6.61 Å². The quantitative estimate of drug-likeness (QED) is 0.508. The first-order valence-corrected chi connectivity index (χ1v) is 2.45. The van der Waals surface area contributed by atoms with Crippen molar-refractivity contribution < 1.29 is 15.0 Å². The average molecular weight is 117 g/mol. The van der Waals surface area contributed by atoms with Gasteiger partial charge in [0.2, 0.25) is 0 Å². The van der Waals surface area contributed by atoms with Crippen molar-refractivity contribution in [3.05, 3.63) is 0 Å². The molecule has 0 saturated carbocycles. The molecule has 8 heavy (non-hydrogen) atoms. The molecule has 0 saturated heterocycles. The number of rotatable bonds is 4. The van der Waals surface area contributed by atoms with Crippen LogP contribution in [0, 0.1) is 0 Å². The maximum absolute atomic E-state index is 9.51. The molecule has 1 radical (unpaired) electrons. The Labute approximate surface area is 47.9 Å². The lowest BCUT2D eigenvalue weighted by Crippen LogP contribution is -2.11. The van der Waals surface area contributed by atoms with Gasteiger partial charge in [-0.05, 0) is 6.42 Å². The number of hydrogen-bond acceptors (Lipinski definition) is 3. The van der Waals surface area contributed by atoms with Crippen molar-refractivity contribution in [3.63, 3.8) is 0 Å². The first-order chi connectivity index (χ1) is 3.81. The standard InChI is InChI=1S/C5H9O3/c6-3-1-2-5(8)4-7/h5,7-8H,1-2,4H2. The highest BCUT2D eigenvalue weighted by Crippen LogP contribution is 1.91. The van der Waals surface area contributed by atoms with Gasteiger partial charge in [-0.2, -0.15) is 0 Å². The highest BCUT2D eigenvalue weighted by atomic mass is 16.3. The van der Waals surface area contributed by atoms with Crippen LogP contribution in [0.5, 0.6) is 0 Å². The van der Waals surface area contributed by atoms with E-state index in [1.54, 1.807) is 6.29 Å². The molecule has 3 heteroatoms. The van der Waals surface area contributed by atoms with E-state index in [0.717, 1.165) is 0 Å². The zero-order valence-electron chi connectivity index (χ0n) is 4.50. The van der Waals surface area contributed by atoms with E-state index in [4.69, 9.17) is 10.2 Å². The van der Waals surface area contributed by atoms with Gasteiger partial charge in [-0.25, -0.2) is 0 Å². The van der Waals surface area contributed by atoms with Crippen molar-refractivity contribution in [1.29, 1.82) is 0 Å². The molecule has 0 aromatic heterocycles. The summed E-state index contributed by atoms with van der Waals surface area (Å²) < 4.78 is 0. The van der Waals surface area contributed by atoms with Crippen LogP contribution in [0.15, 0.2) is 0 Å². The number of aliphatic hydroxyl groups is 2. The van der Waals surface area contributed by atoms with Crippen LogP contribution >= 0.6 is 0 Å². The van der Waals surface area contributed by atoms with Crippen LogP contribution in [0.2, 0.25) is 0 Å². The summed E-state index contributed by atoms with van der Waals surface area (Å²) in [5.41, 5.74) is 0. The summed E-state index contributed by atoms with van der Waals surface area (Å²) >= 11 is 0. The lowest BCUT2D eigenvalue weighted by Gasteiger charge is -2.00. The van der Waals surface area contributed by atoms with Gasteiger partial charge in [0, 0.05) is 6.42 Å². The first-order valence-electron chi connectivity index (χ1n) is 2.45.